The minimum Gasteiger partial charge on any atom is -0.370 e. The first kappa shape index (κ1) is 16.1. The second-order valence-electron chi connectivity index (χ2n) is 6.99. The Morgan fingerprint density at radius 1 is 1.24 bits per heavy atom. The van der Waals surface area contributed by atoms with Crippen LogP contribution in [-0.4, -0.2) is 32.8 Å². The Bertz CT molecular complexity index is 898. The van der Waals surface area contributed by atoms with Gasteiger partial charge in [0.1, 0.15) is 12.2 Å². The van der Waals surface area contributed by atoms with E-state index in [1.54, 1.807) is 6.33 Å². The van der Waals surface area contributed by atoms with E-state index < -0.39 is 0 Å². The van der Waals surface area contributed by atoms with Crippen molar-refractivity contribution in [1.29, 1.82) is 0 Å². The summed E-state index contributed by atoms with van der Waals surface area (Å²) in [6, 6.07) is 8.52. The highest BCUT2D eigenvalue weighted by Gasteiger charge is 2.27. The van der Waals surface area contributed by atoms with Gasteiger partial charge in [0.2, 0.25) is 0 Å². The zero-order chi connectivity index (χ0) is 17.4. The normalized spacial score (nSPS) is 18.0. The van der Waals surface area contributed by atoms with E-state index in [2.05, 4.69) is 57.8 Å². The lowest BCUT2D eigenvalue weighted by Crippen LogP contribution is -2.36. The molecular weight excluding hydrogens is 310 g/mol. The summed E-state index contributed by atoms with van der Waals surface area (Å²) in [6.07, 6.45) is 5.11. The number of aromatic nitrogens is 4. The number of benzene rings is 1. The number of fused-ring (bicyclic) bond motifs is 1. The van der Waals surface area contributed by atoms with E-state index in [9.17, 15) is 0 Å². The van der Waals surface area contributed by atoms with Gasteiger partial charge in [-0.2, -0.15) is 0 Å². The molecule has 0 saturated carbocycles. The number of rotatable bonds is 3. The van der Waals surface area contributed by atoms with Crippen molar-refractivity contribution in [2.24, 2.45) is 7.05 Å². The summed E-state index contributed by atoms with van der Waals surface area (Å²) in [5, 5.41) is 9.69. The molecule has 25 heavy (non-hydrogen) atoms. The van der Waals surface area contributed by atoms with Gasteiger partial charge in [0, 0.05) is 37.1 Å². The molecule has 2 aromatic heterocycles. The number of para-hydroxylation sites is 1. The van der Waals surface area contributed by atoms with Gasteiger partial charge in [-0.15, -0.1) is 10.2 Å². The molecule has 1 aliphatic heterocycles. The van der Waals surface area contributed by atoms with Crippen LogP contribution in [0.4, 0.5) is 5.69 Å². The summed E-state index contributed by atoms with van der Waals surface area (Å²) in [4.78, 5) is 7.42. The predicted molar refractivity (Wildman–Crippen MR) is 101 cm³/mol. The lowest BCUT2D eigenvalue weighted by molar-refractivity contribution is 0.480. The van der Waals surface area contributed by atoms with Crippen molar-refractivity contribution >= 4 is 16.6 Å². The highest BCUT2D eigenvalue weighted by atomic mass is 15.3. The van der Waals surface area contributed by atoms with Gasteiger partial charge in [-0.25, -0.2) is 0 Å². The quantitative estimate of drug-likeness (QED) is 0.733. The number of hydrogen-bond donors (Lipinski definition) is 0. The summed E-state index contributed by atoms with van der Waals surface area (Å²) in [6.45, 7) is 6.49. The van der Waals surface area contributed by atoms with Crippen LogP contribution in [0.2, 0.25) is 0 Å². The molecule has 0 aliphatic carbocycles. The van der Waals surface area contributed by atoms with Gasteiger partial charge >= 0.3 is 0 Å². The van der Waals surface area contributed by atoms with E-state index in [-0.39, 0.29) is 0 Å². The Hall–Kier alpha value is -2.43. The van der Waals surface area contributed by atoms with Crippen molar-refractivity contribution in [3.63, 3.8) is 0 Å². The van der Waals surface area contributed by atoms with Crippen molar-refractivity contribution in [2.45, 2.75) is 39.0 Å². The number of anilines is 1. The predicted octanol–water partition coefficient (Wildman–Crippen LogP) is 3.62. The molecule has 130 valence electrons. The molecule has 1 aliphatic rings. The first-order valence-corrected chi connectivity index (χ1v) is 9.16. The van der Waals surface area contributed by atoms with Gasteiger partial charge in [-0.3, -0.25) is 4.98 Å². The smallest absolute Gasteiger partial charge is 0.137 e. The van der Waals surface area contributed by atoms with Crippen molar-refractivity contribution in [3.05, 3.63) is 47.7 Å². The molecule has 0 spiro atoms. The van der Waals surface area contributed by atoms with Crippen LogP contribution in [0.25, 0.3) is 10.9 Å². The largest absolute Gasteiger partial charge is 0.370 e. The van der Waals surface area contributed by atoms with Gasteiger partial charge < -0.3 is 9.47 Å². The summed E-state index contributed by atoms with van der Waals surface area (Å²) in [7, 11) is 2.04. The number of pyridine rings is 1. The third-order valence-electron chi connectivity index (χ3n) is 5.39. The Kier molecular flexibility index (Phi) is 4.15. The fourth-order valence-corrected chi connectivity index (χ4v) is 4.14. The molecule has 3 heterocycles. The molecule has 1 saturated heterocycles. The zero-order valence-electron chi connectivity index (χ0n) is 15.2. The Labute approximate surface area is 148 Å². The molecule has 3 aromatic rings. The fraction of sp³-hybridized carbons (Fsp3) is 0.450. The maximum atomic E-state index is 4.88. The first-order chi connectivity index (χ1) is 12.2. The highest BCUT2D eigenvalue weighted by molar-refractivity contribution is 5.94. The van der Waals surface area contributed by atoms with Crippen LogP contribution < -0.4 is 4.90 Å². The van der Waals surface area contributed by atoms with Gasteiger partial charge in [-0.1, -0.05) is 25.1 Å². The van der Waals surface area contributed by atoms with Crippen molar-refractivity contribution in [1.82, 2.24) is 19.7 Å². The van der Waals surface area contributed by atoms with Gasteiger partial charge in [0.15, 0.2) is 0 Å². The van der Waals surface area contributed by atoms with Gasteiger partial charge in [0.05, 0.1) is 11.2 Å². The Balaban J connectivity index is 1.78. The number of nitrogens with zero attached hydrogens (tertiary/aromatic N) is 5. The number of piperidine rings is 1. The van der Waals surface area contributed by atoms with Crippen LogP contribution in [0.5, 0.6) is 0 Å². The average molecular weight is 335 g/mol. The third-order valence-corrected chi connectivity index (χ3v) is 5.39. The van der Waals surface area contributed by atoms with Gasteiger partial charge in [-0.05, 0) is 37.8 Å². The maximum absolute atomic E-state index is 4.88. The van der Waals surface area contributed by atoms with E-state index >= 15 is 0 Å². The molecule has 0 unspecified atom stereocenters. The average Bonchev–Trinajstić information content (AvgIpc) is 3.07. The van der Waals surface area contributed by atoms with Crippen molar-refractivity contribution in [3.8, 4) is 0 Å². The topological polar surface area (TPSA) is 46.8 Å². The van der Waals surface area contributed by atoms with Crippen molar-refractivity contribution < 1.29 is 0 Å². The second-order valence-corrected chi connectivity index (χ2v) is 6.99. The fourth-order valence-electron chi connectivity index (χ4n) is 4.14. The number of hydrogen-bond acceptors (Lipinski definition) is 4. The van der Waals surface area contributed by atoms with E-state index in [1.165, 1.54) is 35.2 Å². The molecule has 1 fully saturated rings. The first-order valence-electron chi connectivity index (χ1n) is 9.16. The summed E-state index contributed by atoms with van der Waals surface area (Å²) in [5.74, 6) is 1.52. The molecule has 1 atom stereocenters. The van der Waals surface area contributed by atoms with Crippen LogP contribution in [0, 0.1) is 6.92 Å². The standard InChI is InChI=1S/C20H25N5/c1-4-17-14(2)19(16-9-5-6-10-18(16)22-17)25-11-7-8-15(12-25)20-23-21-13-24(20)3/h5-6,9-10,13,15H,4,7-8,11-12H2,1-3H3/t15-/m1/s1. The monoisotopic (exact) mass is 335 g/mol. The molecule has 0 bridgehead atoms. The summed E-state index contributed by atoms with van der Waals surface area (Å²) < 4.78 is 2.06. The van der Waals surface area contributed by atoms with E-state index in [1.807, 2.05) is 7.05 Å². The molecule has 0 radical (unpaired) electrons. The van der Waals surface area contributed by atoms with E-state index in [0.29, 0.717) is 5.92 Å². The molecule has 5 nitrogen and oxygen atoms in total. The molecule has 5 heteroatoms. The lowest BCUT2D eigenvalue weighted by Gasteiger charge is -2.36. The summed E-state index contributed by atoms with van der Waals surface area (Å²) >= 11 is 0. The van der Waals surface area contributed by atoms with Gasteiger partial charge in [0.25, 0.3) is 0 Å². The van der Waals surface area contributed by atoms with Crippen LogP contribution in [0.3, 0.4) is 0 Å². The second kappa shape index (κ2) is 6.47. The molecular formula is C20H25N5. The summed E-state index contributed by atoms with van der Waals surface area (Å²) in [5.41, 5.74) is 4.98. The lowest BCUT2D eigenvalue weighted by atomic mass is 9.95. The zero-order valence-corrected chi connectivity index (χ0v) is 15.2. The van der Waals surface area contributed by atoms with E-state index in [0.717, 1.165) is 30.9 Å². The molecule has 0 N–H and O–H groups in total. The minimum atomic E-state index is 0.428. The number of aryl methyl sites for hydroxylation is 2. The SMILES string of the molecule is CCc1nc2ccccc2c(N2CCC[C@@H](c3nncn3C)C2)c1C. The maximum Gasteiger partial charge on any atom is 0.137 e. The molecule has 1 aromatic carbocycles. The van der Waals surface area contributed by atoms with Crippen LogP contribution in [0.1, 0.15) is 42.8 Å². The van der Waals surface area contributed by atoms with Crippen molar-refractivity contribution in [2.75, 3.05) is 18.0 Å². The Morgan fingerprint density at radius 2 is 2.08 bits per heavy atom. The van der Waals surface area contributed by atoms with Crippen LogP contribution in [0.15, 0.2) is 30.6 Å². The van der Waals surface area contributed by atoms with Crippen LogP contribution in [-0.2, 0) is 13.5 Å². The third kappa shape index (κ3) is 2.77. The van der Waals surface area contributed by atoms with Crippen LogP contribution >= 0.6 is 0 Å². The minimum absolute atomic E-state index is 0.428. The van der Waals surface area contributed by atoms with E-state index in [4.69, 9.17) is 4.98 Å². The Morgan fingerprint density at radius 3 is 2.84 bits per heavy atom. The highest BCUT2D eigenvalue weighted by Crippen LogP contribution is 2.36. The molecule has 0 amide bonds. The molecule has 4 rings (SSSR count).